The molecule has 0 aliphatic heterocycles. The van der Waals surface area contributed by atoms with Crippen LogP contribution in [0.1, 0.15) is 12.7 Å². The molecule has 100 valence electrons. The number of para-hydroxylation sites is 1. The maximum Gasteiger partial charge on any atom is 0.186 e. The van der Waals surface area contributed by atoms with Crippen LogP contribution in [0, 0.1) is 0 Å². The van der Waals surface area contributed by atoms with Crippen LogP contribution in [0.15, 0.2) is 33.8 Å². The van der Waals surface area contributed by atoms with Crippen molar-refractivity contribution in [3.8, 4) is 5.75 Å². The normalized spacial score (nSPS) is 11.4. The highest BCUT2D eigenvalue weighted by atomic mass is 32.1. The summed E-state index contributed by atoms with van der Waals surface area (Å²) >= 11 is 4.95. The number of hydrazone groups is 1. The Kier molecular flexibility index (Phi) is 4.01. The fraction of sp³-hybridized carbons (Fsp3) is 0.231. The molecule has 2 N–H and O–H groups in total. The van der Waals surface area contributed by atoms with E-state index in [0.29, 0.717) is 27.9 Å². The van der Waals surface area contributed by atoms with E-state index in [2.05, 4.69) is 15.8 Å². The highest BCUT2D eigenvalue weighted by Crippen LogP contribution is 2.28. The zero-order valence-corrected chi connectivity index (χ0v) is 11.8. The SMILES string of the molecule is CNC(=S)N/N=C(/C)c1cc2cccc(OC)c2o1. The van der Waals surface area contributed by atoms with E-state index in [1.165, 1.54) is 0 Å². The summed E-state index contributed by atoms with van der Waals surface area (Å²) < 4.78 is 11.0. The predicted octanol–water partition coefficient (Wildman–Crippen LogP) is 2.26. The van der Waals surface area contributed by atoms with Gasteiger partial charge in [-0.05, 0) is 31.3 Å². The largest absolute Gasteiger partial charge is 0.493 e. The topological polar surface area (TPSA) is 58.8 Å². The Labute approximate surface area is 116 Å². The standard InChI is InChI=1S/C13H15N3O2S/c1-8(15-16-13(19)14-2)11-7-9-5-4-6-10(17-3)12(9)18-11/h4-7H,1-3H3,(H2,14,16,19)/b15-8-. The number of nitrogens with zero attached hydrogens (tertiary/aromatic N) is 1. The molecule has 1 aromatic heterocycles. The third kappa shape index (κ3) is 2.85. The van der Waals surface area contributed by atoms with E-state index < -0.39 is 0 Å². The molecule has 2 rings (SSSR count). The second-order valence-corrected chi connectivity index (χ2v) is 4.29. The molecular weight excluding hydrogens is 262 g/mol. The number of thiocarbonyl (C=S) groups is 1. The van der Waals surface area contributed by atoms with Crippen molar-refractivity contribution in [2.24, 2.45) is 5.10 Å². The van der Waals surface area contributed by atoms with Gasteiger partial charge in [-0.3, -0.25) is 5.43 Å². The summed E-state index contributed by atoms with van der Waals surface area (Å²) in [6.45, 7) is 1.84. The van der Waals surface area contributed by atoms with Crippen LogP contribution in [0.3, 0.4) is 0 Å². The zero-order chi connectivity index (χ0) is 13.8. The molecule has 6 heteroatoms. The summed E-state index contributed by atoms with van der Waals surface area (Å²) in [5.74, 6) is 1.38. The van der Waals surface area contributed by atoms with Gasteiger partial charge in [0, 0.05) is 12.4 Å². The third-order valence-electron chi connectivity index (χ3n) is 2.64. The fourth-order valence-electron chi connectivity index (χ4n) is 1.62. The van der Waals surface area contributed by atoms with E-state index in [4.69, 9.17) is 21.4 Å². The van der Waals surface area contributed by atoms with E-state index in [1.807, 2.05) is 31.2 Å². The second kappa shape index (κ2) is 5.71. The zero-order valence-electron chi connectivity index (χ0n) is 11.0. The van der Waals surface area contributed by atoms with Gasteiger partial charge in [0.05, 0.1) is 7.11 Å². The van der Waals surface area contributed by atoms with Crippen molar-refractivity contribution in [1.82, 2.24) is 10.7 Å². The van der Waals surface area contributed by atoms with E-state index in [9.17, 15) is 0 Å². The summed E-state index contributed by atoms with van der Waals surface area (Å²) in [6, 6.07) is 7.66. The number of hydrogen-bond acceptors (Lipinski definition) is 4. The molecule has 0 spiro atoms. The molecular formula is C13H15N3O2S. The minimum atomic E-state index is 0.452. The molecule has 1 aromatic carbocycles. The van der Waals surface area contributed by atoms with Crippen molar-refractivity contribution in [1.29, 1.82) is 0 Å². The van der Waals surface area contributed by atoms with Crippen molar-refractivity contribution in [3.63, 3.8) is 0 Å². The molecule has 0 aliphatic rings. The van der Waals surface area contributed by atoms with Gasteiger partial charge in [-0.15, -0.1) is 0 Å². The van der Waals surface area contributed by atoms with Gasteiger partial charge < -0.3 is 14.5 Å². The van der Waals surface area contributed by atoms with Gasteiger partial charge in [0.25, 0.3) is 0 Å². The van der Waals surface area contributed by atoms with E-state index in [1.54, 1.807) is 14.2 Å². The van der Waals surface area contributed by atoms with Crippen LogP contribution in [0.25, 0.3) is 11.0 Å². The van der Waals surface area contributed by atoms with Gasteiger partial charge in [-0.25, -0.2) is 0 Å². The number of nitrogens with one attached hydrogen (secondary N) is 2. The minimum absolute atomic E-state index is 0.452. The van der Waals surface area contributed by atoms with E-state index >= 15 is 0 Å². The first kappa shape index (κ1) is 13.4. The van der Waals surface area contributed by atoms with Crippen LogP contribution in [0.5, 0.6) is 5.75 Å². The average molecular weight is 277 g/mol. The molecule has 0 aliphatic carbocycles. The highest BCUT2D eigenvalue weighted by Gasteiger charge is 2.10. The molecule has 0 atom stereocenters. The van der Waals surface area contributed by atoms with Crippen LogP contribution in [-0.2, 0) is 0 Å². The number of benzene rings is 1. The molecule has 19 heavy (non-hydrogen) atoms. The number of fused-ring (bicyclic) bond motifs is 1. The lowest BCUT2D eigenvalue weighted by Gasteiger charge is -2.01. The van der Waals surface area contributed by atoms with Crippen molar-refractivity contribution >= 4 is 34.0 Å². The van der Waals surface area contributed by atoms with Crippen LogP contribution in [0.4, 0.5) is 0 Å². The second-order valence-electron chi connectivity index (χ2n) is 3.88. The monoisotopic (exact) mass is 277 g/mol. The molecule has 0 amide bonds. The smallest absolute Gasteiger partial charge is 0.186 e. The molecule has 0 unspecified atom stereocenters. The Morgan fingerprint density at radius 1 is 1.42 bits per heavy atom. The maximum absolute atomic E-state index is 5.76. The number of methoxy groups -OCH3 is 1. The lowest BCUT2D eigenvalue weighted by Crippen LogP contribution is -2.29. The minimum Gasteiger partial charge on any atom is -0.493 e. The quantitative estimate of drug-likeness (QED) is 0.512. The van der Waals surface area contributed by atoms with Crippen LogP contribution < -0.4 is 15.5 Å². The molecule has 0 bridgehead atoms. The number of rotatable bonds is 3. The van der Waals surface area contributed by atoms with Crippen LogP contribution in [-0.4, -0.2) is 25.0 Å². The van der Waals surface area contributed by atoms with Gasteiger partial charge in [0.15, 0.2) is 22.2 Å². The van der Waals surface area contributed by atoms with Crippen LogP contribution >= 0.6 is 12.2 Å². The summed E-state index contributed by atoms with van der Waals surface area (Å²) in [5.41, 5.74) is 4.14. The Balaban J connectivity index is 2.33. The lowest BCUT2D eigenvalue weighted by atomic mass is 10.2. The van der Waals surface area contributed by atoms with E-state index in [-0.39, 0.29) is 0 Å². The van der Waals surface area contributed by atoms with Gasteiger partial charge in [-0.1, -0.05) is 12.1 Å². The van der Waals surface area contributed by atoms with Crippen molar-refractivity contribution < 1.29 is 9.15 Å². The van der Waals surface area contributed by atoms with Gasteiger partial charge in [0.1, 0.15) is 5.71 Å². The molecule has 2 aromatic rings. The summed E-state index contributed by atoms with van der Waals surface area (Å²) in [4.78, 5) is 0. The average Bonchev–Trinajstić information content (AvgIpc) is 2.88. The van der Waals surface area contributed by atoms with Crippen molar-refractivity contribution in [3.05, 3.63) is 30.0 Å². The van der Waals surface area contributed by atoms with E-state index in [0.717, 1.165) is 5.39 Å². The Bertz CT molecular complexity index is 634. The van der Waals surface area contributed by atoms with Gasteiger partial charge >= 0.3 is 0 Å². The number of furan rings is 1. The van der Waals surface area contributed by atoms with Crippen molar-refractivity contribution in [2.75, 3.05) is 14.2 Å². The number of ether oxygens (including phenoxy) is 1. The Hall–Kier alpha value is -2.08. The molecule has 0 saturated heterocycles. The number of hydrogen-bond donors (Lipinski definition) is 2. The fourth-order valence-corrected chi connectivity index (χ4v) is 1.67. The third-order valence-corrected chi connectivity index (χ3v) is 2.93. The maximum atomic E-state index is 5.76. The summed E-state index contributed by atoms with van der Waals surface area (Å²) in [6.07, 6.45) is 0. The van der Waals surface area contributed by atoms with Crippen LogP contribution in [0.2, 0.25) is 0 Å². The van der Waals surface area contributed by atoms with Gasteiger partial charge in [0.2, 0.25) is 0 Å². The molecule has 1 heterocycles. The molecule has 5 nitrogen and oxygen atoms in total. The molecule has 0 saturated carbocycles. The van der Waals surface area contributed by atoms with Crippen molar-refractivity contribution in [2.45, 2.75) is 6.92 Å². The molecule has 0 radical (unpaired) electrons. The Morgan fingerprint density at radius 2 is 2.21 bits per heavy atom. The first-order valence-electron chi connectivity index (χ1n) is 5.74. The Morgan fingerprint density at radius 3 is 2.89 bits per heavy atom. The lowest BCUT2D eigenvalue weighted by molar-refractivity contribution is 0.410. The summed E-state index contributed by atoms with van der Waals surface area (Å²) in [5, 5.41) is 8.35. The first-order chi connectivity index (χ1) is 9.15. The summed E-state index contributed by atoms with van der Waals surface area (Å²) in [7, 11) is 3.34. The highest BCUT2D eigenvalue weighted by molar-refractivity contribution is 7.80. The first-order valence-corrected chi connectivity index (χ1v) is 6.15. The van der Waals surface area contributed by atoms with Gasteiger partial charge in [-0.2, -0.15) is 5.10 Å². The predicted molar refractivity (Wildman–Crippen MR) is 79.8 cm³/mol. The molecule has 0 fully saturated rings.